The predicted molar refractivity (Wildman–Crippen MR) is 78.4 cm³/mol. The second-order valence-corrected chi connectivity index (χ2v) is 6.73. The summed E-state index contributed by atoms with van der Waals surface area (Å²) in [5, 5.41) is 7.54. The van der Waals surface area contributed by atoms with Crippen molar-refractivity contribution in [2.75, 3.05) is 26.8 Å². The quantitative estimate of drug-likeness (QED) is 0.864. The Kier molecular flexibility index (Phi) is 5.18. The topological polar surface area (TPSA) is 50.5 Å². The number of nitrogens with one attached hydrogen (secondary N) is 1. The van der Waals surface area contributed by atoms with E-state index in [0.717, 1.165) is 44.2 Å². The van der Waals surface area contributed by atoms with E-state index in [0.29, 0.717) is 5.92 Å². The van der Waals surface area contributed by atoms with Crippen LogP contribution in [0.2, 0.25) is 0 Å². The third kappa shape index (κ3) is 4.89. The molecule has 114 valence electrons. The van der Waals surface area contributed by atoms with Gasteiger partial charge in [0.05, 0.1) is 18.8 Å². The lowest BCUT2D eigenvalue weighted by Gasteiger charge is -2.19. The van der Waals surface area contributed by atoms with Crippen molar-refractivity contribution in [3.63, 3.8) is 0 Å². The Morgan fingerprint density at radius 3 is 3.00 bits per heavy atom. The van der Waals surface area contributed by atoms with Gasteiger partial charge >= 0.3 is 0 Å². The zero-order valence-electron chi connectivity index (χ0n) is 13.1. The maximum atomic E-state index is 5.42. The molecular weight excluding hydrogens is 254 g/mol. The van der Waals surface area contributed by atoms with Gasteiger partial charge in [-0.25, -0.2) is 0 Å². The van der Waals surface area contributed by atoms with E-state index in [-0.39, 0.29) is 5.54 Å². The highest BCUT2D eigenvalue weighted by Gasteiger charge is 2.23. The summed E-state index contributed by atoms with van der Waals surface area (Å²) in [6, 6.07) is 2.06. The number of likely N-dealkylation sites (tertiary alicyclic amines) is 1. The molecule has 0 saturated carbocycles. The van der Waals surface area contributed by atoms with Crippen molar-refractivity contribution in [2.24, 2.45) is 5.92 Å². The van der Waals surface area contributed by atoms with Crippen molar-refractivity contribution < 1.29 is 9.26 Å². The van der Waals surface area contributed by atoms with Gasteiger partial charge in [-0.2, -0.15) is 0 Å². The molecule has 0 amide bonds. The lowest BCUT2D eigenvalue weighted by molar-refractivity contribution is 0.151. The van der Waals surface area contributed by atoms with Gasteiger partial charge in [0, 0.05) is 31.8 Å². The average Bonchev–Trinajstić information content (AvgIpc) is 2.97. The third-order valence-electron chi connectivity index (χ3n) is 3.56. The number of ether oxygens (including phenoxy) is 1. The largest absolute Gasteiger partial charge is 0.384 e. The summed E-state index contributed by atoms with van der Waals surface area (Å²) in [5.74, 6) is 1.61. The molecule has 0 bridgehead atoms. The van der Waals surface area contributed by atoms with Crippen LogP contribution in [0.15, 0.2) is 10.6 Å². The Balaban J connectivity index is 1.78. The molecule has 1 unspecified atom stereocenters. The second-order valence-electron chi connectivity index (χ2n) is 6.73. The molecule has 0 radical (unpaired) electrons. The molecule has 0 aromatic carbocycles. The molecule has 5 heteroatoms. The Labute approximate surface area is 121 Å². The van der Waals surface area contributed by atoms with Gasteiger partial charge in [-0.3, -0.25) is 4.90 Å². The summed E-state index contributed by atoms with van der Waals surface area (Å²) >= 11 is 0. The third-order valence-corrected chi connectivity index (χ3v) is 3.56. The van der Waals surface area contributed by atoms with Crippen molar-refractivity contribution in [3.8, 4) is 0 Å². The fraction of sp³-hybridized carbons (Fsp3) is 0.800. The van der Waals surface area contributed by atoms with Gasteiger partial charge in [0.15, 0.2) is 5.76 Å². The fourth-order valence-electron chi connectivity index (χ4n) is 2.52. The smallest absolute Gasteiger partial charge is 0.151 e. The molecule has 0 aliphatic carbocycles. The molecule has 0 spiro atoms. The normalized spacial score (nSPS) is 20.7. The van der Waals surface area contributed by atoms with E-state index in [1.807, 2.05) is 0 Å². The highest BCUT2D eigenvalue weighted by molar-refractivity contribution is 5.06. The fourth-order valence-corrected chi connectivity index (χ4v) is 2.52. The van der Waals surface area contributed by atoms with Gasteiger partial charge in [0.25, 0.3) is 0 Å². The number of hydrogen-bond donors (Lipinski definition) is 1. The Morgan fingerprint density at radius 2 is 2.30 bits per heavy atom. The first-order valence-electron chi connectivity index (χ1n) is 7.37. The molecule has 1 atom stereocenters. The summed E-state index contributed by atoms with van der Waals surface area (Å²) in [6.07, 6.45) is 1.21. The molecule has 1 saturated heterocycles. The van der Waals surface area contributed by atoms with Gasteiger partial charge in [-0.1, -0.05) is 5.16 Å². The van der Waals surface area contributed by atoms with Crippen LogP contribution in [-0.4, -0.2) is 42.4 Å². The van der Waals surface area contributed by atoms with E-state index >= 15 is 0 Å². The number of nitrogens with zero attached hydrogens (tertiary/aromatic N) is 2. The van der Waals surface area contributed by atoms with Crippen LogP contribution in [0.5, 0.6) is 0 Å². The second kappa shape index (κ2) is 6.70. The lowest BCUT2D eigenvalue weighted by atomic mass is 10.1. The van der Waals surface area contributed by atoms with Crippen LogP contribution in [0.4, 0.5) is 0 Å². The van der Waals surface area contributed by atoms with Gasteiger partial charge in [0.2, 0.25) is 0 Å². The van der Waals surface area contributed by atoms with Crippen LogP contribution in [0, 0.1) is 5.92 Å². The molecule has 1 N–H and O–H groups in total. The zero-order valence-corrected chi connectivity index (χ0v) is 13.1. The maximum absolute atomic E-state index is 5.42. The first-order valence-corrected chi connectivity index (χ1v) is 7.37. The summed E-state index contributed by atoms with van der Waals surface area (Å²) in [5.41, 5.74) is 1.07. The molecule has 1 fully saturated rings. The Hall–Kier alpha value is -0.910. The predicted octanol–water partition coefficient (Wildman–Crippen LogP) is 2.03. The van der Waals surface area contributed by atoms with E-state index in [9.17, 15) is 0 Å². The molecule has 2 rings (SSSR count). The van der Waals surface area contributed by atoms with Crippen LogP contribution in [0.3, 0.4) is 0 Å². The first kappa shape index (κ1) is 15.5. The van der Waals surface area contributed by atoms with E-state index in [2.05, 4.69) is 42.2 Å². The lowest BCUT2D eigenvalue weighted by Crippen LogP contribution is -2.35. The molecule has 5 nitrogen and oxygen atoms in total. The van der Waals surface area contributed by atoms with Crippen LogP contribution in [0.25, 0.3) is 0 Å². The van der Waals surface area contributed by atoms with E-state index in [4.69, 9.17) is 9.26 Å². The van der Waals surface area contributed by atoms with Crippen LogP contribution < -0.4 is 5.32 Å². The molecule has 1 aromatic rings. The Bertz CT molecular complexity index is 411. The summed E-state index contributed by atoms with van der Waals surface area (Å²) in [6.45, 7) is 11.1. The minimum atomic E-state index is 0.0987. The van der Waals surface area contributed by atoms with Crippen molar-refractivity contribution in [1.29, 1.82) is 0 Å². The standard InChI is InChI=1S/C15H27N3O2/c1-15(2,3)16-8-13-7-14(20-17-13)10-18-6-5-12(9-18)11-19-4/h7,12,16H,5-6,8-11H2,1-4H3. The first-order chi connectivity index (χ1) is 9.46. The van der Waals surface area contributed by atoms with Gasteiger partial charge in [0.1, 0.15) is 0 Å². The summed E-state index contributed by atoms with van der Waals surface area (Å²) < 4.78 is 10.6. The Morgan fingerprint density at radius 1 is 1.50 bits per heavy atom. The number of aromatic nitrogens is 1. The van der Waals surface area contributed by atoms with Crippen LogP contribution >= 0.6 is 0 Å². The minimum Gasteiger partial charge on any atom is -0.384 e. The average molecular weight is 281 g/mol. The number of hydrogen-bond acceptors (Lipinski definition) is 5. The highest BCUT2D eigenvalue weighted by atomic mass is 16.5. The maximum Gasteiger partial charge on any atom is 0.151 e. The molecule has 2 heterocycles. The SMILES string of the molecule is COCC1CCN(Cc2cc(CNC(C)(C)C)no2)C1. The number of rotatable bonds is 6. The molecule has 1 aliphatic heterocycles. The number of methoxy groups -OCH3 is 1. The van der Waals surface area contributed by atoms with Gasteiger partial charge < -0.3 is 14.6 Å². The molecule has 1 aliphatic rings. The van der Waals surface area contributed by atoms with Gasteiger partial charge in [-0.05, 0) is 39.7 Å². The van der Waals surface area contributed by atoms with E-state index < -0.39 is 0 Å². The van der Waals surface area contributed by atoms with Crippen LogP contribution in [0.1, 0.15) is 38.6 Å². The minimum absolute atomic E-state index is 0.0987. The van der Waals surface area contributed by atoms with Crippen LogP contribution in [-0.2, 0) is 17.8 Å². The van der Waals surface area contributed by atoms with Crippen molar-refractivity contribution in [2.45, 2.75) is 45.8 Å². The van der Waals surface area contributed by atoms with E-state index in [1.165, 1.54) is 6.42 Å². The van der Waals surface area contributed by atoms with E-state index in [1.54, 1.807) is 7.11 Å². The summed E-state index contributed by atoms with van der Waals surface area (Å²) in [7, 11) is 1.77. The monoisotopic (exact) mass is 281 g/mol. The molecule has 1 aromatic heterocycles. The van der Waals surface area contributed by atoms with Crippen molar-refractivity contribution in [3.05, 3.63) is 17.5 Å². The highest BCUT2D eigenvalue weighted by Crippen LogP contribution is 2.19. The van der Waals surface area contributed by atoms with Crippen molar-refractivity contribution >= 4 is 0 Å². The van der Waals surface area contributed by atoms with Gasteiger partial charge in [-0.15, -0.1) is 0 Å². The van der Waals surface area contributed by atoms with Crippen molar-refractivity contribution in [1.82, 2.24) is 15.4 Å². The zero-order chi connectivity index (χ0) is 14.6. The molecule has 20 heavy (non-hydrogen) atoms. The molecular formula is C15H27N3O2. The summed E-state index contributed by atoms with van der Waals surface area (Å²) in [4.78, 5) is 2.41.